The van der Waals surface area contributed by atoms with Crippen LogP contribution in [0.25, 0.3) is 10.9 Å². The van der Waals surface area contributed by atoms with Crippen LogP contribution < -0.4 is 11.1 Å². The van der Waals surface area contributed by atoms with E-state index < -0.39 is 11.7 Å². The van der Waals surface area contributed by atoms with E-state index in [2.05, 4.69) is 27.4 Å². The van der Waals surface area contributed by atoms with Crippen LogP contribution in [0.5, 0.6) is 0 Å². The number of carbonyl (C=O) groups is 1. The smallest absolute Gasteiger partial charge is 0.254 e. The van der Waals surface area contributed by atoms with Crippen LogP contribution in [0.2, 0.25) is 0 Å². The number of benzene rings is 1. The lowest BCUT2D eigenvalue weighted by atomic mass is 10.0. The summed E-state index contributed by atoms with van der Waals surface area (Å²) < 4.78 is 15.6. The lowest BCUT2D eigenvalue weighted by Crippen LogP contribution is -2.13. The number of pyridine rings is 1. The van der Waals surface area contributed by atoms with Crippen molar-refractivity contribution in [1.82, 2.24) is 14.8 Å². The molecule has 6 nitrogen and oxygen atoms in total. The van der Waals surface area contributed by atoms with E-state index in [0.717, 1.165) is 16.5 Å². The second-order valence-electron chi connectivity index (χ2n) is 5.59. The summed E-state index contributed by atoms with van der Waals surface area (Å²) in [4.78, 5) is 15.7. The molecule has 0 atom stereocenters. The Labute approximate surface area is 143 Å². The highest BCUT2D eigenvalue weighted by Crippen LogP contribution is 2.22. The number of carbonyl (C=O) groups excluding carboxylic acids is 1. The second kappa shape index (κ2) is 6.24. The van der Waals surface area contributed by atoms with Gasteiger partial charge in [-0.05, 0) is 43.0 Å². The Morgan fingerprint density at radius 3 is 2.76 bits per heavy atom. The molecule has 0 saturated carbocycles. The molecule has 1 amide bonds. The molecule has 0 aliphatic rings. The molecule has 3 N–H and O–H groups in total. The number of halogens is 1. The van der Waals surface area contributed by atoms with E-state index in [1.165, 1.54) is 16.9 Å². The Bertz CT molecular complexity index is 1060. The van der Waals surface area contributed by atoms with Gasteiger partial charge < -0.3 is 11.1 Å². The van der Waals surface area contributed by atoms with E-state index in [4.69, 9.17) is 5.73 Å². The zero-order valence-electron chi connectivity index (χ0n) is 14.0. The number of primary amides is 1. The van der Waals surface area contributed by atoms with Crippen LogP contribution in [0.1, 0.15) is 27.0 Å². The largest absolute Gasteiger partial charge is 0.372 e. The molecule has 0 fully saturated rings. The summed E-state index contributed by atoms with van der Waals surface area (Å²) in [7, 11) is 1.62. The summed E-state index contributed by atoms with van der Waals surface area (Å²) in [5.41, 5.74) is 8.33. The monoisotopic (exact) mass is 337 g/mol. The molecule has 0 aliphatic heterocycles. The fourth-order valence-corrected chi connectivity index (χ4v) is 2.51. The fraction of sp³-hybridized carbons (Fsp3) is 0.167. The van der Waals surface area contributed by atoms with Crippen LogP contribution in [0, 0.1) is 31.6 Å². The third-order valence-electron chi connectivity index (χ3n) is 4.05. The number of aryl methyl sites for hydroxylation is 2. The van der Waals surface area contributed by atoms with Crippen molar-refractivity contribution in [2.45, 2.75) is 13.8 Å². The quantitative estimate of drug-likeness (QED) is 0.702. The van der Waals surface area contributed by atoms with Crippen LogP contribution in [0.3, 0.4) is 0 Å². The van der Waals surface area contributed by atoms with Crippen molar-refractivity contribution >= 4 is 22.6 Å². The average Bonchev–Trinajstić information content (AvgIpc) is 3.00. The fourth-order valence-electron chi connectivity index (χ4n) is 2.51. The number of fused-ring (bicyclic) bond motifs is 1. The summed E-state index contributed by atoms with van der Waals surface area (Å²) in [6.45, 7) is 3.86. The van der Waals surface area contributed by atoms with Crippen LogP contribution in [-0.2, 0) is 0 Å². The number of anilines is 1. The highest BCUT2D eigenvalue weighted by Gasteiger charge is 2.13. The van der Waals surface area contributed by atoms with E-state index in [1.807, 2.05) is 13.8 Å². The maximum atomic E-state index is 14.4. The van der Waals surface area contributed by atoms with Gasteiger partial charge >= 0.3 is 0 Å². The summed E-state index contributed by atoms with van der Waals surface area (Å²) >= 11 is 0. The third-order valence-corrected chi connectivity index (χ3v) is 4.05. The molecule has 0 saturated heterocycles. The minimum Gasteiger partial charge on any atom is -0.372 e. The molecule has 0 spiro atoms. The maximum absolute atomic E-state index is 14.4. The first-order valence-electron chi connectivity index (χ1n) is 7.55. The zero-order valence-corrected chi connectivity index (χ0v) is 14.0. The molecule has 0 bridgehead atoms. The molecule has 3 rings (SSSR count). The van der Waals surface area contributed by atoms with Crippen LogP contribution in [-0.4, -0.2) is 27.7 Å². The molecule has 25 heavy (non-hydrogen) atoms. The first-order chi connectivity index (χ1) is 11.9. The summed E-state index contributed by atoms with van der Waals surface area (Å²) in [6.07, 6.45) is 3.06. The number of nitrogens with one attached hydrogen (secondary N) is 1. The second-order valence-corrected chi connectivity index (χ2v) is 5.59. The number of rotatable bonds is 2. The average molecular weight is 337 g/mol. The Balaban J connectivity index is 2.08. The molecule has 126 valence electrons. The Morgan fingerprint density at radius 1 is 1.32 bits per heavy atom. The van der Waals surface area contributed by atoms with Gasteiger partial charge in [-0.25, -0.2) is 4.39 Å². The lowest BCUT2D eigenvalue weighted by Gasteiger charge is -2.06. The van der Waals surface area contributed by atoms with Crippen LogP contribution >= 0.6 is 0 Å². The van der Waals surface area contributed by atoms with Crippen molar-refractivity contribution in [3.63, 3.8) is 0 Å². The van der Waals surface area contributed by atoms with Gasteiger partial charge in [-0.1, -0.05) is 0 Å². The lowest BCUT2D eigenvalue weighted by molar-refractivity contribution is 0.100. The van der Waals surface area contributed by atoms with E-state index in [-0.39, 0.29) is 11.1 Å². The van der Waals surface area contributed by atoms with Gasteiger partial charge in [-0.2, -0.15) is 9.78 Å². The van der Waals surface area contributed by atoms with Crippen molar-refractivity contribution < 1.29 is 9.18 Å². The van der Waals surface area contributed by atoms with Gasteiger partial charge in [0.2, 0.25) is 0 Å². The number of amides is 1. The molecule has 1 aromatic carbocycles. The summed E-state index contributed by atoms with van der Waals surface area (Å²) in [5.74, 6) is 2.02. The van der Waals surface area contributed by atoms with Crippen molar-refractivity contribution in [3.8, 4) is 12.0 Å². The Hall–Kier alpha value is -3.40. The summed E-state index contributed by atoms with van der Waals surface area (Å²) in [6, 6.07) is 5.74. The number of hydrogen-bond donors (Lipinski definition) is 2. The van der Waals surface area contributed by atoms with Crippen LogP contribution in [0.4, 0.5) is 10.2 Å². The van der Waals surface area contributed by atoms with Crippen molar-refractivity contribution in [1.29, 1.82) is 0 Å². The highest BCUT2D eigenvalue weighted by atomic mass is 19.1. The van der Waals surface area contributed by atoms with E-state index >= 15 is 0 Å². The minimum absolute atomic E-state index is 0.196. The predicted molar refractivity (Wildman–Crippen MR) is 93.7 cm³/mol. The number of hydrogen-bond acceptors (Lipinski definition) is 4. The first kappa shape index (κ1) is 16.5. The van der Waals surface area contributed by atoms with Gasteiger partial charge in [0.15, 0.2) is 5.82 Å². The van der Waals surface area contributed by atoms with Gasteiger partial charge in [-0.15, -0.1) is 0 Å². The SMILES string of the molecule is CNc1c(C(N)=O)cnn1C#Cc1cc2ncc(C)c(C)c2cc1F. The van der Waals surface area contributed by atoms with Crippen molar-refractivity contribution in [2.24, 2.45) is 5.73 Å². The number of aromatic nitrogens is 3. The molecule has 7 heteroatoms. The first-order valence-corrected chi connectivity index (χ1v) is 7.55. The highest BCUT2D eigenvalue weighted by molar-refractivity contribution is 5.97. The van der Waals surface area contributed by atoms with Crippen molar-refractivity contribution in [3.05, 3.63) is 52.6 Å². The van der Waals surface area contributed by atoms with Crippen LogP contribution in [0.15, 0.2) is 24.5 Å². The molecule has 2 heterocycles. The molecule has 0 unspecified atom stereocenters. The molecule has 3 aromatic rings. The van der Waals surface area contributed by atoms with E-state index in [0.29, 0.717) is 11.3 Å². The normalized spacial score (nSPS) is 10.4. The molecule has 0 radical (unpaired) electrons. The molecule has 0 aliphatic carbocycles. The third kappa shape index (κ3) is 2.90. The number of nitrogens with zero attached hydrogens (tertiary/aromatic N) is 3. The molecular formula is C18H16FN5O. The molecular weight excluding hydrogens is 321 g/mol. The van der Waals surface area contributed by atoms with Gasteiger partial charge in [0.05, 0.1) is 17.3 Å². The Morgan fingerprint density at radius 2 is 2.08 bits per heavy atom. The van der Waals surface area contributed by atoms with Crippen molar-refractivity contribution in [2.75, 3.05) is 12.4 Å². The number of nitrogens with two attached hydrogens (primary N) is 1. The molecule has 2 aromatic heterocycles. The Kier molecular flexibility index (Phi) is 4.11. The summed E-state index contributed by atoms with van der Waals surface area (Å²) in [5, 5.41) is 7.55. The maximum Gasteiger partial charge on any atom is 0.254 e. The minimum atomic E-state index is -0.621. The topological polar surface area (TPSA) is 85.8 Å². The van der Waals surface area contributed by atoms with Gasteiger partial charge in [0.25, 0.3) is 5.91 Å². The van der Waals surface area contributed by atoms with E-state index in [1.54, 1.807) is 19.3 Å². The predicted octanol–water partition coefficient (Wildman–Crippen LogP) is 2.19. The van der Waals surface area contributed by atoms with Gasteiger partial charge in [0, 0.05) is 24.7 Å². The van der Waals surface area contributed by atoms with E-state index in [9.17, 15) is 9.18 Å². The van der Waals surface area contributed by atoms with Gasteiger partial charge in [0.1, 0.15) is 11.4 Å². The standard InChI is InChI=1S/C18H16FN5O/c1-10-8-22-16-6-12(15(19)7-13(16)11(10)2)4-5-24-18(21-3)14(9-23-24)17(20)25/h6-9,21H,1-3H3,(H2,20,25). The van der Waals surface area contributed by atoms with Gasteiger partial charge in [-0.3, -0.25) is 9.78 Å². The zero-order chi connectivity index (χ0) is 18.1.